The van der Waals surface area contributed by atoms with Crippen molar-refractivity contribution in [2.45, 2.75) is 0 Å². The molecule has 96 valence electrons. The first-order valence-corrected chi connectivity index (χ1v) is 6.16. The van der Waals surface area contributed by atoms with Crippen molar-refractivity contribution < 1.29 is 4.74 Å². The molecule has 1 aromatic carbocycles. The number of fused-ring (bicyclic) bond motifs is 1. The van der Waals surface area contributed by atoms with Gasteiger partial charge in [-0.1, -0.05) is 23.2 Å². The van der Waals surface area contributed by atoms with Crippen LogP contribution in [0.2, 0.25) is 10.2 Å². The van der Waals surface area contributed by atoms with Crippen molar-refractivity contribution in [1.29, 1.82) is 0 Å². The highest BCUT2D eigenvalue weighted by molar-refractivity contribution is 6.30. The summed E-state index contributed by atoms with van der Waals surface area (Å²) < 4.78 is 6.83. The highest BCUT2D eigenvalue weighted by Crippen LogP contribution is 2.30. The molecule has 3 rings (SSSR count). The van der Waals surface area contributed by atoms with Crippen molar-refractivity contribution in [1.82, 2.24) is 19.6 Å². The molecule has 0 saturated heterocycles. The summed E-state index contributed by atoms with van der Waals surface area (Å²) in [7, 11) is 1.57. The second-order valence-corrected chi connectivity index (χ2v) is 4.60. The van der Waals surface area contributed by atoms with E-state index in [1.165, 1.54) is 0 Å². The molecule has 0 atom stereocenters. The predicted octanol–water partition coefficient (Wildman–Crippen LogP) is 3.11. The lowest BCUT2D eigenvalue weighted by atomic mass is 10.2. The van der Waals surface area contributed by atoms with Crippen molar-refractivity contribution in [2.75, 3.05) is 7.11 Å². The standard InChI is InChI=1S/C12H8Cl2N4O/c1-19-9-6-7(13)2-3-8(9)11-16-12-15-10(14)4-5-18(12)17-11/h2-6H,1H3. The first-order valence-electron chi connectivity index (χ1n) is 5.40. The van der Waals surface area contributed by atoms with Gasteiger partial charge in [0.05, 0.1) is 12.7 Å². The molecular weight excluding hydrogens is 287 g/mol. The first-order chi connectivity index (χ1) is 9.17. The van der Waals surface area contributed by atoms with Crippen LogP contribution in [0.15, 0.2) is 30.5 Å². The average molecular weight is 295 g/mol. The molecule has 0 radical (unpaired) electrons. The van der Waals surface area contributed by atoms with Crippen molar-refractivity contribution in [3.63, 3.8) is 0 Å². The molecule has 0 spiro atoms. The van der Waals surface area contributed by atoms with Crippen LogP contribution in [0.25, 0.3) is 17.2 Å². The van der Waals surface area contributed by atoms with Gasteiger partial charge in [0.1, 0.15) is 10.9 Å². The Morgan fingerprint density at radius 1 is 1.16 bits per heavy atom. The van der Waals surface area contributed by atoms with Crippen molar-refractivity contribution in [3.05, 3.63) is 40.6 Å². The molecule has 2 heterocycles. The number of methoxy groups -OCH3 is 1. The van der Waals surface area contributed by atoms with E-state index >= 15 is 0 Å². The molecule has 0 aliphatic rings. The number of nitrogens with zero attached hydrogens (tertiary/aromatic N) is 4. The summed E-state index contributed by atoms with van der Waals surface area (Å²) in [5.41, 5.74) is 0.744. The van der Waals surface area contributed by atoms with E-state index in [2.05, 4.69) is 15.1 Å². The molecule has 0 fully saturated rings. The number of hydrogen-bond donors (Lipinski definition) is 0. The van der Waals surface area contributed by atoms with Gasteiger partial charge in [0.25, 0.3) is 5.78 Å². The quantitative estimate of drug-likeness (QED) is 0.682. The molecule has 0 amide bonds. The lowest BCUT2D eigenvalue weighted by molar-refractivity contribution is 0.416. The molecule has 0 unspecified atom stereocenters. The Morgan fingerprint density at radius 3 is 2.79 bits per heavy atom. The van der Waals surface area contributed by atoms with Crippen molar-refractivity contribution >= 4 is 29.0 Å². The monoisotopic (exact) mass is 294 g/mol. The Bertz CT molecular complexity index is 757. The summed E-state index contributed by atoms with van der Waals surface area (Å²) >= 11 is 11.7. The second-order valence-electron chi connectivity index (χ2n) is 3.77. The summed E-state index contributed by atoms with van der Waals surface area (Å²) in [6.07, 6.45) is 1.70. The third-order valence-corrected chi connectivity index (χ3v) is 3.02. The number of aromatic nitrogens is 4. The van der Waals surface area contributed by atoms with E-state index in [4.69, 9.17) is 27.9 Å². The van der Waals surface area contributed by atoms with Crippen LogP contribution in [0.3, 0.4) is 0 Å². The molecule has 5 nitrogen and oxygen atoms in total. The molecule has 0 saturated carbocycles. The van der Waals surface area contributed by atoms with Crippen LogP contribution < -0.4 is 4.74 Å². The van der Waals surface area contributed by atoms with E-state index in [9.17, 15) is 0 Å². The van der Waals surface area contributed by atoms with Gasteiger partial charge in [-0.25, -0.2) is 4.52 Å². The van der Waals surface area contributed by atoms with E-state index in [1.54, 1.807) is 42.1 Å². The predicted molar refractivity (Wildman–Crippen MR) is 72.8 cm³/mol. The van der Waals surface area contributed by atoms with Gasteiger partial charge in [0, 0.05) is 11.2 Å². The van der Waals surface area contributed by atoms with Gasteiger partial charge in [0.2, 0.25) is 0 Å². The molecule has 19 heavy (non-hydrogen) atoms. The number of ether oxygens (including phenoxy) is 1. The van der Waals surface area contributed by atoms with Crippen LogP contribution in [-0.4, -0.2) is 26.7 Å². The maximum Gasteiger partial charge on any atom is 0.254 e. The Morgan fingerprint density at radius 2 is 2.00 bits per heavy atom. The van der Waals surface area contributed by atoms with Crippen LogP contribution in [0.5, 0.6) is 5.75 Å². The first kappa shape index (κ1) is 12.2. The zero-order valence-corrected chi connectivity index (χ0v) is 11.4. The highest BCUT2D eigenvalue weighted by Gasteiger charge is 2.13. The average Bonchev–Trinajstić information content (AvgIpc) is 2.81. The maximum absolute atomic E-state index is 5.93. The summed E-state index contributed by atoms with van der Waals surface area (Å²) in [5, 5.41) is 5.28. The third kappa shape index (κ3) is 2.22. The Balaban J connectivity index is 2.18. The SMILES string of the molecule is COc1cc(Cl)ccc1-c1nc2nc(Cl)ccn2n1. The van der Waals surface area contributed by atoms with E-state index in [-0.39, 0.29) is 0 Å². The van der Waals surface area contributed by atoms with Gasteiger partial charge in [-0.2, -0.15) is 9.97 Å². The van der Waals surface area contributed by atoms with Crippen LogP contribution in [-0.2, 0) is 0 Å². The molecule has 2 aromatic heterocycles. The fourth-order valence-electron chi connectivity index (χ4n) is 1.72. The second kappa shape index (κ2) is 4.68. The molecule has 7 heteroatoms. The van der Waals surface area contributed by atoms with Gasteiger partial charge in [-0.05, 0) is 24.3 Å². The van der Waals surface area contributed by atoms with Gasteiger partial charge in [-0.15, -0.1) is 5.10 Å². The normalized spacial score (nSPS) is 10.9. The Hall–Kier alpha value is -1.85. The lowest BCUT2D eigenvalue weighted by Gasteiger charge is -2.04. The Kier molecular flexibility index (Phi) is 3.00. The molecule has 0 aliphatic carbocycles. The summed E-state index contributed by atoms with van der Waals surface area (Å²) in [5.74, 6) is 1.54. The van der Waals surface area contributed by atoms with Crippen LogP contribution in [0.4, 0.5) is 0 Å². The Labute approximate surface area is 118 Å². The zero-order valence-electron chi connectivity index (χ0n) is 9.84. The van der Waals surface area contributed by atoms with Crippen LogP contribution in [0.1, 0.15) is 0 Å². The molecule has 0 N–H and O–H groups in total. The van der Waals surface area contributed by atoms with E-state index in [0.29, 0.717) is 27.5 Å². The highest BCUT2D eigenvalue weighted by atomic mass is 35.5. The minimum Gasteiger partial charge on any atom is -0.496 e. The third-order valence-electron chi connectivity index (χ3n) is 2.58. The molecule has 0 aliphatic heterocycles. The van der Waals surface area contributed by atoms with Crippen molar-refractivity contribution in [2.24, 2.45) is 0 Å². The van der Waals surface area contributed by atoms with E-state index in [1.807, 2.05) is 0 Å². The van der Waals surface area contributed by atoms with Gasteiger partial charge < -0.3 is 4.74 Å². The van der Waals surface area contributed by atoms with E-state index in [0.717, 1.165) is 5.56 Å². The topological polar surface area (TPSA) is 52.3 Å². The minimum atomic E-state index is 0.370. The fraction of sp³-hybridized carbons (Fsp3) is 0.0833. The number of halogens is 2. The number of hydrogen-bond acceptors (Lipinski definition) is 4. The minimum absolute atomic E-state index is 0.370. The molecule has 0 bridgehead atoms. The van der Waals surface area contributed by atoms with Crippen LogP contribution in [0, 0.1) is 0 Å². The van der Waals surface area contributed by atoms with Gasteiger partial charge in [0.15, 0.2) is 5.82 Å². The zero-order chi connectivity index (χ0) is 13.4. The lowest BCUT2D eigenvalue weighted by Crippen LogP contribution is -1.90. The van der Waals surface area contributed by atoms with Crippen molar-refractivity contribution in [3.8, 4) is 17.1 Å². The summed E-state index contributed by atoms with van der Waals surface area (Å²) in [4.78, 5) is 8.40. The summed E-state index contributed by atoms with van der Waals surface area (Å²) in [6, 6.07) is 6.91. The fourth-order valence-corrected chi connectivity index (χ4v) is 2.01. The van der Waals surface area contributed by atoms with Gasteiger partial charge >= 0.3 is 0 Å². The van der Waals surface area contributed by atoms with Crippen LogP contribution >= 0.6 is 23.2 Å². The largest absolute Gasteiger partial charge is 0.496 e. The maximum atomic E-state index is 5.93. The van der Waals surface area contributed by atoms with E-state index < -0.39 is 0 Å². The smallest absolute Gasteiger partial charge is 0.254 e. The molecular formula is C12H8Cl2N4O. The summed E-state index contributed by atoms with van der Waals surface area (Å²) in [6.45, 7) is 0. The number of benzene rings is 1. The molecule has 3 aromatic rings. The number of rotatable bonds is 2. The van der Waals surface area contributed by atoms with Gasteiger partial charge in [-0.3, -0.25) is 0 Å².